The highest BCUT2D eigenvalue weighted by Crippen LogP contribution is 1.99. The normalized spacial score (nSPS) is 32.5. The Morgan fingerprint density at radius 3 is 2.50 bits per heavy atom. The van der Waals surface area contributed by atoms with E-state index in [4.69, 9.17) is 4.74 Å². The molecule has 0 radical (unpaired) electrons. The molecule has 1 aliphatic heterocycles. The molecule has 1 saturated heterocycles. The zero-order valence-electron chi connectivity index (χ0n) is 3.90. The molecule has 0 aliphatic carbocycles. The third kappa shape index (κ3) is 0.533. The molecule has 1 N–H and O–H groups in total. The summed E-state index contributed by atoms with van der Waals surface area (Å²) < 4.78 is 4.88. The van der Waals surface area contributed by atoms with E-state index < -0.39 is 0 Å². The Hall–Kier alpha value is -0.0800. The Balaban J connectivity index is 2.01. The van der Waals surface area contributed by atoms with Crippen LogP contribution in [0.5, 0.6) is 0 Å². The molecule has 0 unspecified atom stereocenters. The highest BCUT2D eigenvalue weighted by molar-refractivity contribution is 4.66. The van der Waals surface area contributed by atoms with Gasteiger partial charge in [0.15, 0.2) is 0 Å². The van der Waals surface area contributed by atoms with Crippen LogP contribution >= 0.6 is 0 Å². The summed E-state index contributed by atoms with van der Waals surface area (Å²) in [5.41, 5.74) is 0. The highest BCUT2D eigenvalue weighted by Gasteiger charge is 2.13. The summed E-state index contributed by atoms with van der Waals surface area (Å²) >= 11 is 0. The molecule has 1 aliphatic rings. The maximum Gasteiger partial charge on any atom is 0.108 e. The van der Waals surface area contributed by atoms with Crippen molar-refractivity contribution in [3.63, 3.8) is 0 Å². The lowest BCUT2D eigenvalue weighted by molar-refractivity contribution is 0.0233. The van der Waals surface area contributed by atoms with E-state index in [1.165, 1.54) is 6.42 Å². The van der Waals surface area contributed by atoms with Gasteiger partial charge in [0.2, 0.25) is 0 Å². The van der Waals surface area contributed by atoms with Crippen LogP contribution in [0.1, 0.15) is 6.42 Å². The van der Waals surface area contributed by atoms with Crippen LogP contribution in [-0.2, 0) is 4.74 Å². The van der Waals surface area contributed by atoms with Gasteiger partial charge in [-0.3, -0.25) is 5.32 Å². The molecule has 0 amide bonds. The fourth-order valence-corrected chi connectivity index (χ4v) is 0.463. The van der Waals surface area contributed by atoms with Gasteiger partial charge in [-0.25, -0.2) is 0 Å². The van der Waals surface area contributed by atoms with Crippen LogP contribution in [0.4, 0.5) is 0 Å². The first-order valence-electron chi connectivity index (χ1n) is 2.19. The van der Waals surface area contributed by atoms with E-state index in [2.05, 4.69) is 5.32 Å². The van der Waals surface area contributed by atoms with E-state index in [0.29, 0.717) is 6.23 Å². The first-order valence-corrected chi connectivity index (χ1v) is 2.19. The third-order valence-corrected chi connectivity index (χ3v) is 1.06. The molecule has 0 aromatic rings. The molecule has 1 atom stereocenters. The molecule has 1 heterocycles. The first kappa shape index (κ1) is 4.09. The second-order valence-corrected chi connectivity index (χ2v) is 1.47. The molecular formula is C4H9NO. The second-order valence-electron chi connectivity index (χ2n) is 1.47. The monoisotopic (exact) mass is 87.1 g/mol. The number of rotatable bonds is 1. The van der Waals surface area contributed by atoms with Gasteiger partial charge < -0.3 is 4.74 Å². The average molecular weight is 87.1 g/mol. The quantitative estimate of drug-likeness (QED) is 0.484. The fourth-order valence-electron chi connectivity index (χ4n) is 0.463. The molecule has 0 spiro atoms. The lowest BCUT2D eigenvalue weighted by Crippen LogP contribution is -2.43. The fraction of sp³-hybridized carbons (Fsp3) is 1.00. The van der Waals surface area contributed by atoms with Crippen LogP contribution in [0.3, 0.4) is 0 Å². The molecule has 0 aromatic carbocycles. The van der Waals surface area contributed by atoms with Crippen LogP contribution in [0.2, 0.25) is 0 Å². The van der Waals surface area contributed by atoms with Crippen molar-refractivity contribution >= 4 is 0 Å². The van der Waals surface area contributed by atoms with Crippen molar-refractivity contribution < 1.29 is 4.74 Å². The summed E-state index contributed by atoms with van der Waals surface area (Å²) in [6.45, 7) is 1.12. The second kappa shape index (κ2) is 1.58. The summed E-state index contributed by atoms with van der Waals surface area (Å²) in [6.07, 6.45) is 1.54. The SMILES string of the molecule is CO[C@@H]1CCN1. The summed E-state index contributed by atoms with van der Waals surface area (Å²) in [7, 11) is 1.72. The number of methoxy groups -OCH3 is 1. The zero-order valence-corrected chi connectivity index (χ0v) is 3.90. The van der Waals surface area contributed by atoms with Crippen molar-refractivity contribution in [2.24, 2.45) is 0 Å². The van der Waals surface area contributed by atoms with Gasteiger partial charge in [-0.15, -0.1) is 0 Å². The number of ether oxygens (including phenoxy) is 1. The molecule has 0 bridgehead atoms. The van der Waals surface area contributed by atoms with Crippen molar-refractivity contribution in [1.82, 2.24) is 5.32 Å². The van der Waals surface area contributed by atoms with Crippen LogP contribution in [0, 0.1) is 0 Å². The number of nitrogens with one attached hydrogen (secondary N) is 1. The van der Waals surface area contributed by atoms with Crippen molar-refractivity contribution in [2.75, 3.05) is 13.7 Å². The summed E-state index contributed by atoms with van der Waals surface area (Å²) in [4.78, 5) is 0. The van der Waals surface area contributed by atoms with Crippen LogP contribution in [0.25, 0.3) is 0 Å². The Morgan fingerprint density at radius 1 is 1.83 bits per heavy atom. The minimum Gasteiger partial charge on any atom is -0.367 e. The smallest absolute Gasteiger partial charge is 0.108 e. The van der Waals surface area contributed by atoms with Crippen LogP contribution < -0.4 is 5.32 Å². The predicted molar refractivity (Wildman–Crippen MR) is 23.4 cm³/mol. The Morgan fingerprint density at radius 2 is 2.50 bits per heavy atom. The molecular weight excluding hydrogens is 78.0 g/mol. The molecule has 2 nitrogen and oxygen atoms in total. The lowest BCUT2D eigenvalue weighted by atomic mass is 10.2. The molecule has 6 heavy (non-hydrogen) atoms. The van der Waals surface area contributed by atoms with E-state index in [1.807, 2.05) is 0 Å². The van der Waals surface area contributed by atoms with Gasteiger partial charge in [0.25, 0.3) is 0 Å². The van der Waals surface area contributed by atoms with Gasteiger partial charge in [0.05, 0.1) is 0 Å². The molecule has 1 rings (SSSR count). The molecule has 1 fully saturated rings. The maximum atomic E-state index is 4.88. The maximum absolute atomic E-state index is 4.88. The number of hydrogen-bond donors (Lipinski definition) is 1. The van der Waals surface area contributed by atoms with E-state index in [9.17, 15) is 0 Å². The standard InChI is InChI=1S/C4H9NO/c1-6-4-2-3-5-4/h4-5H,2-3H2,1H3/t4-/m1/s1. The van der Waals surface area contributed by atoms with Gasteiger partial charge in [0.1, 0.15) is 6.23 Å². The largest absolute Gasteiger partial charge is 0.367 e. The van der Waals surface area contributed by atoms with E-state index in [0.717, 1.165) is 6.54 Å². The van der Waals surface area contributed by atoms with Gasteiger partial charge >= 0.3 is 0 Å². The van der Waals surface area contributed by atoms with E-state index in [-0.39, 0.29) is 0 Å². The zero-order chi connectivity index (χ0) is 4.41. The Kier molecular flexibility index (Phi) is 1.08. The van der Waals surface area contributed by atoms with Gasteiger partial charge in [-0.1, -0.05) is 0 Å². The summed E-state index contributed by atoms with van der Waals surface area (Å²) in [6, 6.07) is 0. The van der Waals surface area contributed by atoms with E-state index in [1.54, 1.807) is 7.11 Å². The Labute approximate surface area is 37.5 Å². The predicted octanol–water partition coefficient (Wildman–Crippen LogP) is -0.0478. The van der Waals surface area contributed by atoms with Gasteiger partial charge in [-0.2, -0.15) is 0 Å². The van der Waals surface area contributed by atoms with Crippen LogP contribution in [-0.4, -0.2) is 19.9 Å². The minimum atomic E-state index is 0.366. The highest BCUT2D eigenvalue weighted by atomic mass is 16.5. The topological polar surface area (TPSA) is 21.3 Å². The lowest BCUT2D eigenvalue weighted by Gasteiger charge is -2.25. The van der Waals surface area contributed by atoms with Crippen LogP contribution in [0.15, 0.2) is 0 Å². The first-order chi connectivity index (χ1) is 2.93. The van der Waals surface area contributed by atoms with Crippen molar-refractivity contribution in [2.45, 2.75) is 12.6 Å². The van der Waals surface area contributed by atoms with Crippen molar-refractivity contribution in [3.8, 4) is 0 Å². The van der Waals surface area contributed by atoms with E-state index >= 15 is 0 Å². The van der Waals surface area contributed by atoms with Crippen molar-refractivity contribution in [1.29, 1.82) is 0 Å². The summed E-state index contributed by atoms with van der Waals surface area (Å²) in [5.74, 6) is 0. The molecule has 0 aromatic heterocycles. The van der Waals surface area contributed by atoms with Gasteiger partial charge in [0, 0.05) is 13.7 Å². The molecule has 36 valence electrons. The van der Waals surface area contributed by atoms with Gasteiger partial charge in [-0.05, 0) is 6.42 Å². The number of hydrogen-bond acceptors (Lipinski definition) is 2. The Bertz CT molecular complexity index is 40.1. The minimum absolute atomic E-state index is 0.366. The third-order valence-electron chi connectivity index (χ3n) is 1.06. The molecule has 2 heteroatoms. The summed E-state index contributed by atoms with van der Waals surface area (Å²) in [5, 5.41) is 3.07. The molecule has 0 saturated carbocycles. The average Bonchev–Trinajstić information content (AvgIpc) is 1.31. The van der Waals surface area contributed by atoms with Crippen molar-refractivity contribution in [3.05, 3.63) is 0 Å².